The highest BCUT2D eigenvalue weighted by molar-refractivity contribution is 5.73. The van der Waals surface area contributed by atoms with Crippen LogP contribution in [0.15, 0.2) is 48.6 Å². The van der Waals surface area contributed by atoms with Crippen molar-refractivity contribution in [1.29, 1.82) is 0 Å². The van der Waals surface area contributed by atoms with Gasteiger partial charge in [-0.2, -0.15) is 0 Å². The Bertz CT molecular complexity index is 1680. The summed E-state index contributed by atoms with van der Waals surface area (Å²) in [5.74, 6) is 2.24. The van der Waals surface area contributed by atoms with Crippen LogP contribution in [0, 0.1) is 11.8 Å². The van der Waals surface area contributed by atoms with E-state index in [1.807, 2.05) is 24.3 Å². The van der Waals surface area contributed by atoms with E-state index in [9.17, 15) is 19.8 Å². The Balaban J connectivity index is 0.000000131. The number of rotatable bonds is 2. The lowest BCUT2D eigenvalue weighted by Crippen LogP contribution is -2.64. The first-order chi connectivity index (χ1) is 23.0. The second kappa shape index (κ2) is 10.4. The predicted octanol–water partition coefficient (Wildman–Crippen LogP) is 2.84. The molecule has 0 saturated carbocycles. The average molecular weight is 655 g/mol. The fourth-order valence-electron chi connectivity index (χ4n) is 10.9. The largest absolute Gasteiger partial charge is 0.482 e. The van der Waals surface area contributed by atoms with Crippen molar-refractivity contribution >= 4 is 11.9 Å². The van der Waals surface area contributed by atoms with Gasteiger partial charge in [-0.3, -0.25) is 9.59 Å². The molecule has 48 heavy (non-hydrogen) atoms. The molecule has 0 aromatic heterocycles. The van der Waals surface area contributed by atoms with Gasteiger partial charge in [-0.25, -0.2) is 0 Å². The number of hydrogen-bond donors (Lipinski definition) is 2. The summed E-state index contributed by atoms with van der Waals surface area (Å²) in [5, 5.41) is 21.2. The number of esters is 2. The van der Waals surface area contributed by atoms with E-state index in [0.717, 1.165) is 38.8 Å². The van der Waals surface area contributed by atoms with Crippen LogP contribution in [0.3, 0.4) is 0 Å². The zero-order valence-corrected chi connectivity index (χ0v) is 27.7. The Labute approximate surface area is 279 Å². The van der Waals surface area contributed by atoms with Gasteiger partial charge in [0.1, 0.15) is 24.4 Å². The predicted molar refractivity (Wildman–Crippen MR) is 174 cm³/mol. The SMILES string of the molecule is CC(=O)Oc1ccc2c3c1O[C@H]1[C@@H](O)C=C[C@H]4[C@@H](C2)N(C)CC[C@@]341.CC(=O)Oc1ccc2c3c1O[C@H]1[C@@H](O)C=C[C@H]4[C@@H](C2)N(C)CC[C@@]341. The standard InChI is InChI=1S/2C19H21NO4/c2*1-10(21)23-15-6-3-11-9-13-12-4-5-14(22)18-19(12,7-8-20(13)2)16(11)17(15)24-18/h2*3-6,12-14,18,22H,7-9H2,1-2H3/t2*12-,13+,14-,18-,19-/m00/s1. The zero-order valence-electron chi connectivity index (χ0n) is 27.7. The van der Waals surface area contributed by atoms with Crippen LogP contribution in [0.5, 0.6) is 23.0 Å². The Hall–Kier alpha value is -3.70. The van der Waals surface area contributed by atoms with E-state index in [1.54, 1.807) is 0 Å². The van der Waals surface area contributed by atoms with Gasteiger partial charge in [-0.05, 0) is 76.1 Å². The molecular formula is C38H42N2O8. The van der Waals surface area contributed by atoms with Crippen LogP contribution in [0.4, 0.5) is 0 Å². The van der Waals surface area contributed by atoms with Crippen LogP contribution in [0.2, 0.25) is 0 Å². The van der Waals surface area contributed by atoms with Gasteiger partial charge in [0.25, 0.3) is 0 Å². The van der Waals surface area contributed by atoms with Crippen molar-refractivity contribution in [2.75, 3.05) is 27.2 Å². The van der Waals surface area contributed by atoms with E-state index >= 15 is 0 Å². The molecule has 2 N–H and O–H groups in total. The molecule has 2 spiro atoms. The molecule has 4 aliphatic heterocycles. The van der Waals surface area contributed by atoms with E-state index in [2.05, 4.69) is 48.2 Å². The minimum atomic E-state index is -0.631. The first kappa shape index (κ1) is 30.4. The fourth-order valence-corrected chi connectivity index (χ4v) is 10.9. The number of aliphatic hydroxyl groups is 2. The normalized spacial score (nSPS) is 38.5. The van der Waals surface area contributed by atoms with Gasteiger partial charge in [0.15, 0.2) is 23.0 Å². The molecule has 10 rings (SSSR count). The number of aliphatic hydroxyl groups excluding tert-OH is 2. The van der Waals surface area contributed by atoms with Gasteiger partial charge < -0.3 is 39.0 Å². The number of ether oxygens (including phenoxy) is 4. The molecule has 252 valence electrons. The summed E-state index contributed by atoms with van der Waals surface area (Å²) < 4.78 is 23.3. The van der Waals surface area contributed by atoms with Gasteiger partial charge in [0.2, 0.25) is 0 Å². The molecule has 4 heterocycles. The number of benzene rings is 2. The number of carbonyl (C=O) groups excluding carboxylic acids is 2. The van der Waals surface area contributed by atoms with Crippen LogP contribution in [-0.2, 0) is 33.3 Å². The first-order valence-electron chi connectivity index (χ1n) is 17.2. The molecule has 2 aromatic carbocycles. The van der Waals surface area contributed by atoms with Crippen molar-refractivity contribution in [2.45, 2.75) is 86.9 Å². The molecule has 4 bridgehead atoms. The summed E-state index contributed by atoms with van der Waals surface area (Å²) in [7, 11) is 4.36. The van der Waals surface area contributed by atoms with Crippen LogP contribution in [0.1, 0.15) is 48.9 Å². The molecule has 0 unspecified atom stereocenters. The quantitative estimate of drug-likeness (QED) is 0.285. The minimum Gasteiger partial charge on any atom is -0.482 e. The lowest BCUT2D eigenvalue weighted by molar-refractivity contribution is -0.133. The summed E-state index contributed by atoms with van der Waals surface area (Å²) in [4.78, 5) is 27.8. The topological polar surface area (TPSA) is 118 Å². The second-order valence-electron chi connectivity index (χ2n) is 15.0. The number of likely N-dealkylation sites (tertiary alicyclic amines) is 2. The Morgan fingerprint density at radius 1 is 0.708 bits per heavy atom. The monoisotopic (exact) mass is 654 g/mol. The summed E-state index contributed by atoms with van der Waals surface area (Å²) in [6.45, 7) is 4.77. The summed E-state index contributed by atoms with van der Waals surface area (Å²) in [6, 6.07) is 8.65. The van der Waals surface area contributed by atoms with E-state index in [4.69, 9.17) is 18.9 Å². The minimum absolute atomic E-state index is 0.204. The lowest BCUT2D eigenvalue weighted by atomic mass is 9.53. The lowest BCUT2D eigenvalue weighted by Gasteiger charge is -2.56. The Kier molecular flexibility index (Phi) is 6.58. The molecule has 10 nitrogen and oxygen atoms in total. The molecular weight excluding hydrogens is 612 g/mol. The third kappa shape index (κ3) is 3.88. The molecule has 10 atom stereocenters. The maximum Gasteiger partial charge on any atom is 0.308 e. The summed E-state index contributed by atoms with van der Waals surface area (Å²) in [5.41, 5.74) is 4.46. The number of likely N-dealkylation sites (N-methyl/N-ethyl adjacent to an activating group) is 2. The van der Waals surface area contributed by atoms with Gasteiger partial charge >= 0.3 is 11.9 Å². The van der Waals surface area contributed by atoms with Crippen molar-refractivity contribution in [3.05, 3.63) is 70.8 Å². The first-order valence-corrected chi connectivity index (χ1v) is 17.2. The van der Waals surface area contributed by atoms with Gasteiger partial charge in [-0.1, -0.05) is 36.4 Å². The van der Waals surface area contributed by atoms with Crippen LogP contribution in [0.25, 0.3) is 0 Å². The molecule has 4 aliphatic carbocycles. The van der Waals surface area contributed by atoms with E-state index in [1.165, 1.54) is 36.1 Å². The van der Waals surface area contributed by atoms with E-state index < -0.39 is 12.2 Å². The van der Waals surface area contributed by atoms with E-state index in [0.29, 0.717) is 46.9 Å². The Morgan fingerprint density at radius 2 is 1.12 bits per heavy atom. The van der Waals surface area contributed by atoms with E-state index in [-0.39, 0.29) is 35.0 Å². The molecule has 2 aromatic rings. The number of hydrogen-bond acceptors (Lipinski definition) is 10. The molecule has 2 saturated heterocycles. The molecule has 0 radical (unpaired) electrons. The Morgan fingerprint density at radius 3 is 1.52 bits per heavy atom. The second-order valence-corrected chi connectivity index (χ2v) is 15.0. The van der Waals surface area contributed by atoms with Crippen molar-refractivity contribution in [1.82, 2.24) is 9.80 Å². The number of piperidine rings is 2. The maximum atomic E-state index is 11.5. The highest BCUT2D eigenvalue weighted by Crippen LogP contribution is 2.64. The maximum absolute atomic E-state index is 11.5. The van der Waals surface area contributed by atoms with Gasteiger partial charge in [0, 0.05) is 59.7 Å². The molecule has 10 heteroatoms. The van der Waals surface area contributed by atoms with Gasteiger partial charge in [-0.15, -0.1) is 0 Å². The van der Waals surface area contributed by atoms with Gasteiger partial charge in [0.05, 0.1) is 0 Å². The third-order valence-electron chi connectivity index (χ3n) is 12.8. The third-order valence-corrected chi connectivity index (χ3v) is 12.8. The van der Waals surface area contributed by atoms with Crippen molar-refractivity contribution in [3.63, 3.8) is 0 Å². The highest BCUT2D eigenvalue weighted by atomic mass is 16.6. The smallest absolute Gasteiger partial charge is 0.308 e. The average Bonchev–Trinajstić information content (AvgIpc) is 3.59. The zero-order chi connectivity index (χ0) is 33.3. The summed E-state index contributed by atoms with van der Waals surface area (Å²) >= 11 is 0. The number of nitrogens with zero attached hydrogens (tertiary/aromatic N) is 2. The fraction of sp³-hybridized carbons (Fsp3) is 0.526. The molecule has 2 fully saturated rings. The molecule has 0 amide bonds. The van der Waals surface area contributed by atoms with Crippen molar-refractivity contribution < 1.29 is 38.7 Å². The van der Waals surface area contributed by atoms with Crippen LogP contribution < -0.4 is 18.9 Å². The van der Waals surface area contributed by atoms with Crippen molar-refractivity contribution in [2.24, 2.45) is 11.8 Å². The highest BCUT2D eigenvalue weighted by Gasteiger charge is 2.65. The van der Waals surface area contributed by atoms with Crippen LogP contribution >= 0.6 is 0 Å². The molecule has 8 aliphatic rings. The van der Waals surface area contributed by atoms with Crippen LogP contribution in [-0.4, -0.2) is 95.6 Å². The van der Waals surface area contributed by atoms with Crippen molar-refractivity contribution in [3.8, 4) is 23.0 Å². The number of carbonyl (C=O) groups is 2. The summed E-state index contributed by atoms with van der Waals surface area (Å²) in [6.07, 6.45) is 10.1.